The van der Waals surface area contributed by atoms with Gasteiger partial charge in [-0.2, -0.15) is 0 Å². The van der Waals surface area contributed by atoms with E-state index in [1.165, 1.54) is 0 Å². The number of nitrogens with zero attached hydrogens (tertiary/aromatic N) is 1. The first-order valence-corrected chi connectivity index (χ1v) is 8.61. The zero-order chi connectivity index (χ0) is 17.7. The van der Waals surface area contributed by atoms with Crippen LogP contribution in [-0.2, 0) is 11.3 Å². The lowest BCUT2D eigenvalue weighted by atomic mass is 10.1. The van der Waals surface area contributed by atoms with Crippen molar-refractivity contribution in [2.24, 2.45) is 0 Å². The summed E-state index contributed by atoms with van der Waals surface area (Å²) in [7, 11) is 1.58. The molecule has 0 saturated heterocycles. The number of alkyl halides is 2. The van der Waals surface area contributed by atoms with Gasteiger partial charge in [0.05, 0.1) is 23.3 Å². The second-order valence-electron chi connectivity index (χ2n) is 4.86. The van der Waals surface area contributed by atoms with Gasteiger partial charge in [0.15, 0.2) is 0 Å². The van der Waals surface area contributed by atoms with Gasteiger partial charge in [-0.15, -0.1) is 0 Å². The fraction of sp³-hybridized carbons (Fsp3) is 0.312. The summed E-state index contributed by atoms with van der Waals surface area (Å²) in [6, 6.07) is 8.34. The zero-order valence-electron chi connectivity index (χ0n) is 12.8. The molecule has 24 heavy (non-hydrogen) atoms. The van der Waals surface area contributed by atoms with Crippen molar-refractivity contribution in [1.29, 1.82) is 0 Å². The van der Waals surface area contributed by atoms with Crippen LogP contribution in [0.1, 0.15) is 0 Å². The lowest BCUT2D eigenvalue weighted by molar-refractivity contribution is 0.126. The standard InChI is InChI=1S/C16H15Br2F2NO3/c1-23-6-7-24-10-2-3-11(13(18)8-10)14-5-4-12(17)16(22)21(14)9-15(19)20/h2-5,8,15H,6-7,9H2,1H3. The molecule has 0 saturated carbocycles. The van der Waals surface area contributed by atoms with E-state index in [2.05, 4.69) is 31.9 Å². The average molecular weight is 467 g/mol. The Morgan fingerprint density at radius 3 is 2.50 bits per heavy atom. The summed E-state index contributed by atoms with van der Waals surface area (Å²) in [5.74, 6) is 0.613. The summed E-state index contributed by atoms with van der Waals surface area (Å²) in [6.07, 6.45) is -2.63. The van der Waals surface area contributed by atoms with Gasteiger partial charge in [-0.25, -0.2) is 8.78 Å². The van der Waals surface area contributed by atoms with Gasteiger partial charge in [0, 0.05) is 17.1 Å². The highest BCUT2D eigenvalue weighted by Crippen LogP contribution is 2.31. The smallest absolute Gasteiger partial charge is 0.265 e. The summed E-state index contributed by atoms with van der Waals surface area (Å²) in [4.78, 5) is 12.2. The van der Waals surface area contributed by atoms with Crippen LogP contribution < -0.4 is 10.3 Å². The van der Waals surface area contributed by atoms with Crippen molar-refractivity contribution in [1.82, 2.24) is 4.57 Å². The summed E-state index contributed by atoms with van der Waals surface area (Å²) in [5.41, 5.74) is 0.526. The molecule has 1 aromatic carbocycles. The van der Waals surface area contributed by atoms with Crippen molar-refractivity contribution >= 4 is 31.9 Å². The maximum Gasteiger partial charge on any atom is 0.265 e. The third-order valence-corrected chi connectivity index (χ3v) is 4.48. The number of benzene rings is 1. The Hall–Kier alpha value is -1.25. The van der Waals surface area contributed by atoms with Crippen molar-refractivity contribution in [3.05, 3.63) is 49.6 Å². The second kappa shape index (κ2) is 8.73. The third kappa shape index (κ3) is 4.64. The first-order valence-electron chi connectivity index (χ1n) is 7.03. The van der Waals surface area contributed by atoms with E-state index < -0.39 is 18.5 Å². The lowest BCUT2D eigenvalue weighted by Gasteiger charge is -2.15. The molecule has 0 fully saturated rings. The summed E-state index contributed by atoms with van der Waals surface area (Å²) in [6.45, 7) is 0.183. The van der Waals surface area contributed by atoms with Gasteiger partial charge in [-0.05, 0) is 62.2 Å². The van der Waals surface area contributed by atoms with Crippen LogP contribution in [0.4, 0.5) is 8.78 Å². The topological polar surface area (TPSA) is 40.5 Å². The van der Waals surface area contributed by atoms with E-state index in [9.17, 15) is 13.6 Å². The highest BCUT2D eigenvalue weighted by Gasteiger charge is 2.15. The normalized spacial score (nSPS) is 11.1. The van der Waals surface area contributed by atoms with Gasteiger partial charge in [-0.1, -0.05) is 0 Å². The predicted octanol–water partition coefficient (Wildman–Crippen LogP) is 4.33. The molecule has 1 aromatic heterocycles. The van der Waals surface area contributed by atoms with Crippen LogP contribution in [0.2, 0.25) is 0 Å². The Labute approximate surface area is 154 Å². The number of rotatable bonds is 7. The average Bonchev–Trinajstić information content (AvgIpc) is 2.53. The van der Waals surface area contributed by atoms with E-state index >= 15 is 0 Å². The van der Waals surface area contributed by atoms with E-state index in [1.807, 2.05) is 0 Å². The zero-order valence-corrected chi connectivity index (χ0v) is 15.9. The molecule has 8 heteroatoms. The molecule has 0 bridgehead atoms. The minimum absolute atomic E-state index is 0.238. The molecule has 0 radical (unpaired) electrons. The second-order valence-corrected chi connectivity index (χ2v) is 6.56. The fourth-order valence-corrected chi connectivity index (χ4v) is 3.05. The van der Waals surface area contributed by atoms with Gasteiger partial charge < -0.3 is 14.0 Å². The molecule has 0 aliphatic rings. The molecular weight excluding hydrogens is 452 g/mol. The Kier molecular flexibility index (Phi) is 6.94. The number of methoxy groups -OCH3 is 1. The van der Waals surface area contributed by atoms with Crippen LogP contribution in [0, 0.1) is 0 Å². The molecule has 2 rings (SSSR count). The van der Waals surface area contributed by atoms with Gasteiger partial charge in [0.25, 0.3) is 12.0 Å². The van der Waals surface area contributed by atoms with E-state index in [1.54, 1.807) is 37.4 Å². The van der Waals surface area contributed by atoms with Crippen molar-refractivity contribution in [3.63, 3.8) is 0 Å². The van der Waals surface area contributed by atoms with Gasteiger partial charge in [0.1, 0.15) is 12.4 Å². The number of hydrogen-bond donors (Lipinski definition) is 0. The van der Waals surface area contributed by atoms with Crippen molar-refractivity contribution < 1.29 is 18.3 Å². The van der Waals surface area contributed by atoms with Gasteiger partial charge in [0.2, 0.25) is 0 Å². The van der Waals surface area contributed by atoms with E-state index in [-0.39, 0.29) is 4.47 Å². The van der Waals surface area contributed by atoms with Crippen LogP contribution in [-0.4, -0.2) is 31.3 Å². The largest absolute Gasteiger partial charge is 0.491 e. The quantitative estimate of drug-likeness (QED) is 0.570. The Balaban J connectivity index is 2.41. The van der Waals surface area contributed by atoms with Crippen molar-refractivity contribution in [2.45, 2.75) is 13.0 Å². The van der Waals surface area contributed by atoms with E-state index in [4.69, 9.17) is 9.47 Å². The molecule has 1 heterocycles. The summed E-state index contributed by atoms with van der Waals surface area (Å²) < 4.78 is 38.0. The SMILES string of the molecule is COCCOc1ccc(-c2ccc(Br)c(=O)n2CC(F)F)c(Br)c1. The molecule has 0 atom stereocenters. The minimum atomic E-state index is -2.63. The van der Waals surface area contributed by atoms with Crippen LogP contribution >= 0.6 is 31.9 Å². The maximum absolute atomic E-state index is 12.8. The molecule has 4 nitrogen and oxygen atoms in total. The summed E-state index contributed by atoms with van der Waals surface area (Å²) >= 11 is 6.50. The van der Waals surface area contributed by atoms with E-state index in [0.717, 1.165) is 4.57 Å². The van der Waals surface area contributed by atoms with Gasteiger partial charge >= 0.3 is 0 Å². The molecule has 0 aliphatic heterocycles. The fourth-order valence-electron chi connectivity index (χ4n) is 2.14. The molecule has 130 valence electrons. The minimum Gasteiger partial charge on any atom is -0.491 e. The Morgan fingerprint density at radius 1 is 1.12 bits per heavy atom. The number of aromatic nitrogens is 1. The first-order chi connectivity index (χ1) is 11.4. The van der Waals surface area contributed by atoms with E-state index in [0.29, 0.717) is 34.7 Å². The molecular formula is C16H15Br2F2NO3. The summed E-state index contributed by atoms with van der Waals surface area (Å²) in [5, 5.41) is 0. The number of ether oxygens (including phenoxy) is 2. The van der Waals surface area contributed by atoms with Gasteiger partial charge in [-0.3, -0.25) is 4.79 Å². The number of halogens is 4. The predicted molar refractivity (Wildman–Crippen MR) is 94.9 cm³/mol. The van der Waals surface area contributed by atoms with Crippen molar-refractivity contribution in [2.75, 3.05) is 20.3 Å². The Bertz CT molecular complexity index is 765. The van der Waals surface area contributed by atoms with Crippen molar-refractivity contribution in [3.8, 4) is 17.0 Å². The molecule has 0 spiro atoms. The monoisotopic (exact) mass is 465 g/mol. The Morgan fingerprint density at radius 2 is 1.88 bits per heavy atom. The molecule has 0 aliphatic carbocycles. The molecule has 0 N–H and O–H groups in total. The highest BCUT2D eigenvalue weighted by molar-refractivity contribution is 9.10. The van der Waals surface area contributed by atoms with Crippen LogP contribution in [0.5, 0.6) is 5.75 Å². The molecule has 0 amide bonds. The maximum atomic E-state index is 12.8. The number of hydrogen-bond acceptors (Lipinski definition) is 3. The highest BCUT2D eigenvalue weighted by atomic mass is 79.9. The first kappa shape index (κ1) is 19.1. The third-order valence-electron chi connectivity index (χ3n) is 3.22. The van der Waals surface area contributed by atoms with Crippen LogP contribution in [0.3, 0.4) is 0 Å². The van der Waals surface area contributed by atoms with Crippen LogP contribution in [0.15, 0.2) is 44.1 Å². The molecule has 2 aromatic rings. The van der Waals surface area contributed by atoms with Crippen LogP contribution in [0.25, 0.3) is 11.3 Å². The lowest BCUT2D eigenvalue weighted by Crippen LogP contribution is -2.25. The number of pyridine rings is 1. The molecule has 0 unspecified atom stereocenters.